The fourth-order valence-corrected chi connectivity index (χ4v) is 4.58. The third kappa shape index (κ3) is 8.22. The number of hydrogen-bond acceptors (Lipinski definition) is 4. The largest absolute Gasteiger partial charge is 0.352 e. The predicted molar refractivity (Wildman–Crippen MR) is 129 cm³/mol. The third-order valence-corrected chi connectivity index (χ3v) is 6.83. The SMILES string of the molecule is CC1CCCCN1Cc1ccc(CNC(=O)CCNS(=O)(=O)/C=C/c2ccccc2)cc1. The molecule has 1 atom stereocenters. The number of rotatable bonds is 10. The van der Waals surface area contributed by atoms with Crippen LogP contribution in [0.2, 0.25) is 0 Å². The molecule has 1 aliphatic heterocycles. The normalized spacial score (nSPS) is 17.5. The number of amides is 1. The summed E-state index contributed by atoms with van der Waals surface area (Å²) in [5.74, 6) is -0.189. The number of nitrogens with one attached hydrogen (secondary N) is 2. The van der Waals surface area contributed by atoms with E-state index in [-0.39, 0.29) is 18.9 Å². The number of carbonyl (C=O) groups is 1. The van der Waals surface area contributed by atoms with Gasteiger partial charge in [0.1, 0.15) is 0 Å². The lowest BCUT2D eigenvalue weighted by Crippen LogP contribution is -2.36. The van der Waals surface area contributed by atoms with Crippen LogP contribution in [0.4, 0.5) is 0 Å². The second-order valence-corrected chi connectivity index (χ2v) is 9.96. The second kappa shape index (κ2) is 11.9. The first-order valence-electron chi connectivity index (χ1n) is 11.2. The van der Waals surface area contributed by atoms with Crippen LogP contribution in [0.3, 0.4) is 0 Å². The highest BCUT2D eigenvalue weighted by Crippen LogP contribution is 2.19. The molecule has 6 nitrogen and oxygen atoms in total. The lowest BCUT2D eigenvalue weighted by molar-refractivity contribution is -0.121. The van der Waals surface area contributed by atoms with Crippen molar-refractivity contribution in [2.45, 2.75) is 51.7 Å². The second-order valence-electron chi connectivity index (χ2n) is 8.31. The van der Waals surface area contributed by atoms with Crippen molar-refractivity contribution >= 4 is 22.0 Å². The molecule has 2 aromatic carbocycles. The Morgan fingerprint density at radius 1 is 1.06 bits per heavy atom. The molecule has 7 heteroatoms. The first kappa shape index (κ1) is 24.2. The molecule has 0 saturated carbocycles. The van der Waals surface area contributed by atoms with Crippen LogP contribution < -0.4 is 10.0 Å². The Bertz CT molecular complexity index is 989. The van der Waals surface area contributed by atoms with Gasteiger partial charge in [-0.25, -0.2) is 13.1 Å². The van der Waals surface area contributed by atoms with E-state index in [1.54, 1.807) is 0 Å². The van der Waals surface area contributed by atoms with Crippen LogP contribution in [0, 0.1) is 0 Å². The maximum absolute atomic E-state index is 12.1. The van der Waals surface area contributed by atoms with Crippen LogP contribution in [0.15, 0.2) is 60.0 Å². The third-order valence-electron chi connectivity index (χ3n) is 5.73. The molecule has 32 heavy (non-hydrogen) atoms. The molecule has 3 rings (SSSR count). The molecule has 0 bridgehead atoms. The van der Waals surface area contributed by atoms with E-state index < -0.39 is 10.0 Å². The van der Waals surface area contributed by atoms with Crippen molar-refractivity contribution in [1.29, 1.82) is 0 Å². The Balaban J connectivity index is 1.37. The van der Waals surface area contributed by atoms with E-state index in [0.717, 1.165) is 29.6 Å². The van der Waals surface area contributed by atoms with E-state index in [1.165, 1.54) is 30.9 Å². The van der Waals surface area contributed by atoms with Crippen LogP contribution in [-0.2, 0) is 27.9 Å². The minimum Gasteiger partial charge on any atom is -0.352 e. The van der Waals surface area contributed by atoms with E-state index in [0.29, 0.717) is 12.6 Å². The fourth-order valence-electron chi connectivity index (χ4n) is 3.77. The van der Waals surface area contributed by atoms with E-state index in [1.807, 2.05) is 42.5 Å². The molecular weight excluding hydrogens is 422 g/mol. The Hall–Kier alpha value is -2.48. The van der Waals surface area contributed by atoms with Crippen molar-refractivity contribution in [3.05, 3.63) is 76.7 Å². The van der Waals surface area contributed by atoms with Crippen LogP contribution in [0.25, 0.3) is 6.08 Å². The average molecular weight is 456 g/mol. The molecular formula is C25H33N3O3S. The number of hydrogen-bond donors (Lipinski definition) is 2. The summed E-state index contributed by atoms with van der Waals surface area (Å²) in [6, 6.07) is 18.1. The van der Waals surface area contributed by atoms with Gasteiger partial charge < -0.3 is 5.32 Å². The molecule has 2 N–H and O–H groups in total. The summed E-state index contributed by atoms with van der Waals surface area (Å²) < 4.78 is 26.5. The number of benzene rings is 2. The minimum absolute atomic E-state index is 0.0558. The number of nitrogens with zero attached hydrogens (tertiary/aromatic N) is 1. The number of carbonyl (C=O) groups excluding carboxylic acids is 1. The van der Waals surface area contributed by atoms with Gasteiger partial charge in [0.2, 0.25) is 15.9 Å². The Morgan fingerprint density at radius 3 is 2.50 bits per heavy atom. The Kier molecular flexibility index (Phi) is 9.02. The average Bonchev–Trinajstić information content (AvgIpc) is 2.79. The number of piperidine rings is 1. The first-order valence-corrected chi connectivity index (χ1v) is 12.8. The van der Waals surface area contributed by atoms with Crippen LogP contribution in [0.5, 0.6) is 0 Å². The van der Waals surface area contributed by atoms with Gasteiger partial charge in [0.05, 0.1) is 0 Å². The lowest BCUT2D eigenvalue weighted by Gasteiger charge is -2.33. The fraction of sp³-hybridized carbons (Fsp3) is 0.400. The minimum atomic E-state index is -3.58. The van der Waals surface area contributed by atoms with Crippen LogP contribution >= 0.6 is 0 Å². The van der Waals surface area contributed by atoms with Crippen molar-refractivity contribution in [3.8, 4) is 0 Å². The number of sulfonamides is 1. The van der Waals surface area contributed by atoms with E-state index in [4.69, 9.17) is 0 Å². The molecule has 0 radical (unpaired) electrons. The highest BCUT2D eigenvalue weighted by Gasteiger charge is 2.17. The van der Waals surface area contributed by atoms with Gasteiger partial charge in [-0.15, -0.1) is 0 Å². The number of likely N-dealkylation sites (tertiary alicyclic amines) is 1. The lowest BCUT2D eigenvalue weighted by atomic mass is 10.0. The van der Waals surface area contributed by atoms with Gasteiger partial charge in [0.25, 0.3) is 0 Å². The molecule has 1 saturated heterocycles. The molecule has 1 heterocycles. The molecule has 0 aliphatic carbocycles. The van der Waals surface area contributed by atoms with Crippen molar-refractivity contribution in [1.82, 2.24) is 14.9 Å². The topological polar surface area (TPSA) is 78.5 Å². The molecule has 2 aromatic rings. The van der Waals surface area contributed by atoms with Gasteiger partial charge in [-0.1, -0.05) is 61.0 Å². The van der Waals surface area contributed by atoms with Crippen molar-refractivity contribution in [3.63, 3.8) is 0 Å². The first-order chi connectivity index (χ1) is 15.4. The summed E-state index contributed by atoms with van der Waals surface area (Å²) >= 11 is 0. The summed E-state index contributed by atoms with van der Waals surface area (Å²) in [4.78, 5) is 14.6. The summed E-state index contributed by atoms with van der Waals surface area (Å²) in [6.07, 6.45) is 5.47. The maximum atomic E-state index is 12.1. The Morgan fingerprint density at radius 2 is 1.78 bits per heavy atom. The Labute approximate surface area is 191 Å². The summed E-state index contributed by atoms with van der Waals surface area (Å²) in [5.41, 5.74) is 3.11. The van der Waals surface area contributed by atoms with Crippen molar-refractivity contribution in [2.24, 2.45) is 0 Å². The highest BCUT2D eigenvalue weighted by atomic mass is 32.2. The van der Waals surface area contributed by atoms with E-state index >= 15 is 0 Å². The zero-order chi connectivity index (χ0) is 22.8. The van der Waals surface area contributed by atoms with Gasteiger partial charge in [0, 0.05) is 37.5 Å². The van der Waals surface area contributed by atoms with Crippen LogP contribution in [-0.4, -0.2) is 38.4 Å². The van der Waals surface area contributed by atoms with Gasteiger partial charge >= 0.3 is 0 Å². The van der Waals surface area contributed by atoms with Gasteiger partial charge in [-0.3, -0.25) is 9.69 Å². The van der Waals surface area contributed by atoms with Crippen LogP contribution in [0.1, 0.15) is 49.3 Å². The highest BCUT2D eigenvalue weighted by molar-refractivity contribution is 7.92. The molecule has 172 valence electrons. The molecule has 1 aliphatic rings. The summed E-state index contributed by atoms with van der Waals surface area (Å²) in [6.45, 7) is 4.90. The molecule has 1 unspecified atom stereocenters. The molecule has 1 fully saturated rings. The zero-order valence-electron chi connectivity index (χ0n) is 18.7. The smallest absolute Gasteiger partial charge is 0.233 e. The van der Waals surface area contributed by atoms with Crippen molar-refractivity contribution in [2.75, 3.05) is 13.1 Å². The standard InChI is InChI=1S/C25H33N3O3S/c1-21-7-5-6-17-28(21)20-24-12-10-23(11-13-24)19-26-25(29)14-16-27-32(30,31)18-15-22-8-3-2-4-9-22/h2-4,8-13,15,18,21,27H,5-7,14,16-17,19-20H2,1H3,(H,26,29)/b18-15+. The molecule has 0 aromatic heterocycles. The summed E-state index contributed by atoms with van der Waals surface area (Å²) in [5, 5.41) is 3.97. The predicted octanol–water partition coefficient (Wildman–Crippen LogP) is 3.66. The van der Waals surface area contributed by atoms with Gasteiger partial charge in [-0.05, 0) is 49.1 Å². The van der Waals surface area contributed by atoms with E-state index in [9.17, 15) is 13.2 Å². The molecule has 0 spiro atoms. The quantitative estimate of drug-likeness (QED) is 0.573. The van der Waals surface area contributed by atoms with Gasteiger partial charge in [-0.2, -0.15) is 0 Å². The van der Waals surface area contributed by atoms with Crippen molar-refractivity contribution < 1.29 is 13.2 Å². The van der Waals surface area contributed by atoms with Gasteiger partial charge in [0.15, 0.2) is 0 Å². The zero-order valence-corrected chi connectivity index (χ0v) is 19.5. The van der Waals surface area contributed by atoms with E-state index in [2.05, 4.69) is 34.0 Å². The monoisotopic (exact) mass is 455 g/mol. The summed E-state index contributed by atoms with van der Waals surface area (Å²) in [7, 11) is -3.58. The molecule has 1 amide bonds. The maximum Gasteiger partial charge on any atom is 0.233 e.